The van der Waals surface area contributed by atoms with Crippen LogP contribution >= 0.6 is 23.7 Å². The number of halogens is 1. The van der Waals surface area contributed by atoms with E-state index in [0.29, 0.717) is 32.7 Å². The number of thiophene rings is 1. The minimum absolute atomic E-state index is 0. The number of hydrogen-bond donors (Lipinski definition) is 1. The number of nitrogens with zero attached hydrogens (tertiary/aromatic N) is 2. The van der Waals surface area contributed by atoms with E-state index in [1.807, 2.05) is 27.3 Å². The Balaban J connectivity index is 0.00000192. The van der Waals surface area contributed by atoms with Crippen LogP contribution in [0.3, 0.4) is 0 Å². The Kier molecular flexibility index (Phi) is 6.06. The number of rotatable bonds is 3. The molecule has 0 spiro atoms. The third-order valence-corrected chi connectivity index (χ3v) is 5.85. The molecule has 0 aromatic carbocycles. The van der Waals surface area contributed by atoms with Gasteiger partial charge in [-0.25, -0.2) is 0 Å². The molecule has 2 N–H and O–H groups in total. The van der Waals surface area contributed by atoms with Gasteiger partial charge in [0.05, 0.1) is 10.3 Å². The molecule has 128 valence electrons. The summed E-state index contributed by atoms with van der Waals surface area (Å²) < 4.78 is 0. The Bertz CT molecular complexity index is 536. The van der Waals surface area contributed by atoms with Gasteiger partial charge < -0.3 is 15.5 Å². The van der Waals surface area contributed by atoms with Crippen molar-refractivity contribution in [2.24, 2.45) is 11.1 Å². The molecular formula is C16H24ClN3O2S. The van der Waals surface area contributed by atoms with Gasteiger partial charge in [-0.15, -0.1) is 23.7 Å². The Morgan fingerprint density at radius 2 is 1.74 bits per heavy atom. The molecule has 0 atom stereocenters. The van der Waals surface area contributed by atoms with Crippen molar-refractivity contribution in [3.8, 4) is 0 Å². The zero-order valence-electron chi connectivity index (χ0n) is 13.2. The molecule has 1 saturated heterocycles. The van der Waals surface area contributed by atoms with Crippen LogP contribution in [0.25, 0.3) is 0 Å². The first-order valence-corrected chi connectivity index (χ1v) is 8.86. The van der Waals surface area contributed by atoms with Gasteiger partial charge in [-0.3, -0.25) is 9.59 Å². The molecule has 2 amide bonds. The Morgan fingerprint density at radius 3 is 2.26 bits per heavy atom. The normalized spacial score (nSPS) is 20.2. The summed E-state index contributed by atoms with van der Waals surface area (Å²) in [6, 6.07) is 3.75. The summed E-state index contributed by atoms with van der Waals surface area (Å²) in [5.74, 6) is 0.284. The van der Waals surface area contributed by atoms with Gasteiger partial charge in [0.15, 0.2) is 0 Å². The van der Waals surface area contributed by atoms with E-state index in [-0.39, 0.29) is 29.6 Å². The molecule has 23 heavy (non-hydrogen) atoms. The van der Waals surface area contributed by atoms with Crippen LogP contribution < -0.4 is 5.73 Å². The second kappa shape index (κ2) is 7.64. The van der Waals surface area contributed by atoms with Crippen molar-refractivity contribution in [2.45, 2.75) is 25.7 Å². The molecule has 5 nitrogen and oxygen atoms in total. The first-order valence-electron chi connectivity index (χ1n) is 7.98. The van der Waals surface area contributed by atoms with E-state index >= 15 is 0 Å². The maximum Gasteiger partial charge on any atom is 0.264 e. The van der Waals surface area contributed by atoms with Crippen LogP contribution in [0.2, 0.25) is 0 Å². The standard InChI is InChI=1S/C16H23N3O2S.ClH/c17-12-16(5-1-2-6-16)15(21)19-9-7-18(8-10-19)14(20)13-4-3-11-22-13;/h3-4,11H,1-2,5-10,12,17H2;1H. The van der Waals surface area contributed by atoms with Crippen LogP contribution in [-0.2, 0) is 4.79 Å². The molecule has 7 heteroatoms. The molecule has 2 heterocycles. The van der Waals surface area contributed by atoms with Crippen molar-refractivity contribution in [3.05, 3.63) is 22.4 Å². The summed E-state index contributed by atoms with van der Waals surface area (Å²) in [5, 5.41) is 1.91. The highest BCUT2D eigenvalue weighted by Gasteiger charge is 2.43. The number of piperazine rings is 1. The zero-order chi connectivity index (χ0) is 15.6. The lowest BCUT2D eigenvalue weighted by Crippen LogP contribution is -2.55. The highest BCUT2D eigenvalue weighted by molar-refractivity contribution is 7.12. The smallest absolute Gasteiger partial charge is 0.264 e. The van der Waals surface area contributed by atoms with Crippen molar-refractivity contribution >= 4 is 35.6 Å². The van der Waals surface area contributed by atoms with Gasteiger partial charge in [0.25, 0.3) is 5.91 Å². The van der Waals surface area contributed by atoms with Crippen molar-refractivity contribution in [3.63, 3.8) is 0 Å². The quantitative estimate of drug-likeness (QED) is 0.899. The lowest BCUT2D eigenvalue weighted by atomic mass is 9.84. The summed E-state index contributed by atoms with van der Waals surface area (Å²) >= 11 is 1.47. The van der Waals surface area contributed by atoms with Gasteiger partial charge in [-0.1, -0.05) is 18.9 Å². The van der Waals surface area contributed by atoms with Gasteiger partial charge in [-0.05, 0) is 24.3 Å². The van der Waals surface area contributed by atoms with Crippen LogP contribution in [0.15, 0.2) is 17.5 Å². The molecule has 1 aliphatic carbocycles. The lowest BCUT2D eigenvalue weighted by Gasteiger charge is -2.39. The van der Waals surface area contributed by atoms with E-state index in [0.717, 1.165) is 30.6 Å². The molecule has 0 radical (unpaired) electrons. The molecule has 1 aromatic heterocycles. The summed E-state index contributed by atoms with van der Waals surface area (Å²) in [5.41, 5.74) is 5.57. The van der Waals surface area contributed by atoms with Crippen LogP contribution in [0.1, 0.15) is 35.4 Å². The second-order valence-electron chi connectivity index (χ2n) is 6.25. The maximum atomic E-state index is 12.8. The fourth-order valence-electron chi connectivity index (χ4n) is 3.56. The number of carbonyl (C=O) groups is 2. The first-order chi connectivity index (χ1) is 10.7. The molecule has 0 unspecified atom stereocenters. The average Bonchev–Trinajstić information content (AvgIpc) is 3.25. The van der Waals surface area contributed by atoms with E-state index in [1.54, 1.807) is 0 Å². The summed E-state index contributed by atoms with van der Waals surface area (Å²) in [6.45, 7) is 2.92. The number of carbonyl (C=O) groups excluding carboxylic acids is 2. The largest absolute Gasteiger partial charge is 0.339 e. The van der Waals surface area contributed by atoms with E-state index in [4.69, 9.17) is 5.73 Å². The van der Waals surface area contributed by atoms with Gasteiger partial charge in [-0.2, -0.15) is 0 Å². The molecule has 1 aliphatic heterocycles. The van der Waals surface area contributed by atoms with Gasteiger partial charge in [0, 0.05) is 32.7 Å². The molecule has 1 aromatic rings. The predicted octanol–water partition coefficient (Wildman–Crippen LogP) is 1.97. The highest BCUT2D eigenvalue weighted by Crippen LogP contribution is 2.39. The number of hydrogen-bond acceptors (Lipinski definition) is 4. The predicted molar refractivity (Wildman–Crippen MR) is 94.0 cm³/mol. The van der Waals surface area contributed by atoms with Crippen LogP contribution in [-0.4, -0.2) is 54.3 Å². The van der Waals surface area contributed by atoms with E-state index in [2.05, 4.69) is 0 Å². The minimum Gasteiger partial charge on any atom is -0.339 e. The molecule has 1 saturated carbocycles. The zero-order valence-corrected chi connectivity index (χ0v) is 14.8. The molecule has 2 aliphatic rings. The second-order valence-corrected chi connectivity index (χ2v) is 7.20. The summed E-state index contributed by atoms with van der Waals surface area (Å²) in [4.78, 5) is 29.7. The van der Waals surface area contributed by atoms with Crippen molar-refractivity contribution < 1.29 is 9.59 Å². The lowest BCUT2D eigenvalue weighted by molar-refractivity contribution is -0.143. The van der Waals surface area contributed by atoms with Crippen LogP contribution in [0.5, 0.6) is 0 Å². The number of nitrogens with two attached hydrogens (primary N) is 1. The van der Waals surface area contributed by atoms with Crippen molar-refractivity contribution in [1.82, 2.24) is 9.80 Å². The third-order valence-electron chi connectivity index (χ3n) is 4.99. The third kappa shape index (κ3) is 3.54. The van der Waals surface area contributed by atoms with Crippen LogP contribution in [0, 0.1) is 5.41 Å². The molecular weight excluding hydrogens is 334 g/mol. The maximum absolute atomic E-state index is 12.8. The number of amides is 2. The SMILES string of the molecule is Cl.NCC1(C(=O)N2CCN(C(=O)c3cccs3)CC2)CCCC1. The summed E-state index contributed by atoms with van der Waals surface area (Å²) in [7, 11) is 0. The van der Waals surface area contributed by atoms with Crippen LogP contribution in [0.4, 0.5) is 0 Å². The Hall–Kier alpha value is -1.11. The average molecular weight is 358 g/mol. The van der Waals surface area contributed by atoms with E-state index in [1.165, 1.54) is 11.3 Å². The molecule has 3 rings (SSSR count). The van der Waals surface area contributed by atoms with E-state index < -0.39 is 0 Å². The molecule has 0 bridgehead atoms. The van der Waals surface area contributed by atoms with Gasteiger partial charge in [0.2, 0.25) is 5.91 Å². The van der Waals surface area contributed by atoms with Gasteiger partial charge in [0.1, 0.15) is 0 Å². The van der Waals surface area contributed by atoms with Crippen molar-refractivity contribution in [1.29, 1.82) is 0 Å². The fraction of sp³-hybridized carbons (Fsp3) is 0.625. The molecule has 2 fully saturated rings. The summed E-state index contributed by atoms with van der Waals surface area (Å²) in [6.07, 6.45) is 4.02. The Morgan fingerprint density at radius 1 is 1.13 bits per heavy atom. The first kappa shape index (κ1) is 18.2. The highest BCUT2D eigenvalue weighted by atomic mass is 35.5. The van der Waals surface area contributed by atoms with Crippen molar-refractivity contribution in [2.75, 3.05) is 32.7 Å². The topological polar surface area (TPSA) is 66.6 Å². The fourth-order valence-corrected chi connectivity index (χ4v) is 4.25. The minimum atomic E-state index is -0.333. The monoisotopic (exact) mass is 357 g/mol. The van der Waals surface area contributed by atoms with E-state index in [9.17, 15) is 9.59 Å². The van der Waals surface area contributed by atoms with Gasteiger partial charge >= 0.3 is 0 Å². The Labute approximate surface area is 147 Å².